The molecule has 0 aliphatic carbocycles. The molecule has 138 valence electrons. The van der Waals surface area contributed by atoms with Gasteiger partial charge in [0, 0.05) is 29.5 Å². The van der Waals surface area contributed by atoms with E-state index >= 15 is 0 Å². The first kappa shape index (κ1) is 17.9. The predicted molar refractivity (Wildman–Crippen MR) is 111 cm³/mol. The molecule has 2 aromatic heterocycles. The lowest BCUT2D eigenvalue weighted by Crippen LogP contribution is -2.00. The molecule has 0 radical (unpaired) electrons. The Labute approximate surface area is 166 Å². The van der Waals surface area contributed by atoms with Crippen molar-refractivity contribution in [3.05, 3.63) is 95.0 Å². The first-order valence-corrected chi connectivity index (χ1v) is 9.57. The Morgan fingerprint density at radius 2 is 1.96 bits per heavy atom. The summed E-state index contributed by atoms with van der Waals surface area (Å²) in [6, 6.07) is 15.2. The summed E-state index contributed by atoms with van der Waals surface area (Å²) in [4.78, 5) is 20.2. The quantitative estimate of drug-likeness (QED) is 0.508. The number of hydrogen-bond donors (Lipinski definition) is 1. The highest BCUT2D eigenvalue weighted by molar-refractivity contribution is 7.10. The summed E-state index contributed by atoms with van der Waals surface area (Å²) in [5, 5.41) is 12.4. The average Bonchev–Trinajstić information content (AvgIpc) is 3.42. The molecule has 28 heavy (non-hydrogen) atoms. The van der Waals surface area contributed by atoms with Crippen LogP contribution >= 0.6 is 11.3 Å². The minimum atomic E-state index is -0.946. The Kier molecular flexibility index (Phi) is 5.12. The molecule has 0 aliphatic rings. The molecule has 0 saturated heterocycles. The lowest BCUT2D eigenvalue weighted by atomic mass is 9.98. The van der Waals surface area contributed by atoms with E-state index in [0.717, 1.165) is 27.3 Å². The fourth-order valence-corrected chi connectivity index (χ4v) is 3.64. The van der Waals surface area contributed by atoms with Crippen LogP contribution in [0.15, 0.2) is 78.8 Å². The minimum absolute atomic E-state index is 0.258. The van der Waals surface area contributed by atoms with Crippen LogP contribution in [0.4, 0.5) is 0 Å². The molecule has 0 atom stereocenters. The molecule has 0 bridgehead atoms. The highest BCUT2D eigenvalue weighted by Gasteiger charge is 2.11. The van der Waals surface area contributed by atoms with Crippen LogP contribution in [-0.4, -0.2) is 25.6 Å². The van der Waals surface area contributed by atoms with E-state index in [1.54, 1.807) is 42.2 Å². The predicted octanol–water partition coefficient (Wildman–Crippen LogP) is 4.95. The number of hydrogen-bond acceptors (Lipinski definition) is 4. The van der Waals surface area contributed by atoms with Gasteiger partial charge in [-0.3, -0.25) is 0 Å². The number of aromatic nitrogens is 3. The van der Waals surface area contributed by atoms with Crippen molar-refractivity contribution in [1.82, 2.24) is 14.5 Å². The normalized spacial score (nSPS) is 11.5. The van der Waals surface area contributed by atoms with Crippen molar-refractivity contribution in [2.24, 2.45) is 0 Å². The van der Waals surface area contributed by atoms with Crippen LogP contribution in [0.2, 0.25) is 0 Å². The van der Waals surface area contributed by atoms with Crippen molar-refractivity contribution < 1.29 is 9.90 Å². The second kappa shape index (κ2) is 8.02. The van der Waals surface area contributed by atoms with Gasteiger partial charge in [-0.2, -0.15) is 0 Å². The summed E-state index contributed by atoms with van der Waals surface area (Å²) in [6.07, 6.45) is 9.15. The number of allylic oxidation sites excluding steroid dienone is 1. The fourth-order valence-electron chi connectivity index (χ4n) is 2.99. The van der Waals surface area contributed by atoms with E-state index in [9.17, 15) is 9.90 Å². The number of carboxylic acid groups (broad SMARTS) is 1. The van der Waals surface area contributed by atoms with Crippen LogP contribution < -0.4 is 0 Å². The zero-order chi connectivity index (χ0) is 19.3. The molecule has 0 spiro atoms. The van der Waals surface area contributed by atoms with Crippen molar-refractivity contribution in [2.75, 3.05) is 0 Å². The van der Waals surface area contributed by atoms with Gasteiger partial charge in [0.15, 0.2) is 0 Å². The Morgan fingerprint density at radius 3 is 2.64 bits per heavy atom. The van der Waals surface area contributed by atoms with Gasteiger partial charge in [-0.05, 0) is 41.0 Å². The zero-order valence-electron chi connectivity index (χ0n) is 14.9. The van der Waals surface area contributed by atoms with Crippen molar-refractivity contribution in [2.45, 2.75) is 6.54 Å². The second-order valence-electron chi connectivity index (χ2n) is 6.26. The monoisotopic (exact) mass is 387 g/mol. The molecule has 0 fully saturated rings. The number of rotatable bonds is 6. The molecule has 4 rings (SSSR count). The molecular formula is C22H17N3O2S. The van der Waals surface area contributed by atoms with E-state index in [1.807, 2.05) is 58.6 Å². The van der Waals surface area contributed by atoms with E-state index < -0.39 is 5.97 Å². The largest absolute Gasteiger partial charge is 0.478 e. The summed E-state index contributed by atoms with van der Waals surface area (Å²) in [7, 11) is 0. The van der Waals surface area contributed by atoms with Crippen LogP contribution in [0.3, 0.4) is 0 Å². The van der Waals surface area contributed by atoms with Crippen molar-refractivity contribution >= 4 is 29.0 Å². The highest BCUT2D eigenvalue weighted by atomic mass is 32.1. The number of carboxylic acids is 1. The van der Waals surface area contributed by atoms with Crippen LogP contribution in [0.1, 0.15) is 20.9 Å². The smallest absolute Gasteiger partial charge is 0.335 e. The van der Waals surface area contributed by atoms with E-state index in [-0.39, 0.29) is 5.56 Å². The standard InChI is InChI=1S/C22H17N3O2S/c26-22(27)19-11-16(10-18(13-19)17-4-2-1-3-5-17)12-20(21-24-7-9-28-21)14-25-8-6-23-15-25/h1-13,15H,14H2,(H,26,27)/b20-12-. The second-order valence-corrected chi connectivity index (χ2v) is 7.15. The average molecular weight is 387 g/mol. The number of benzene rings is 2. The third-order valence-corrected chi connectivity index (χ3v) is 5.12. The van der Waals surface area contributed by atoms with Gasteiger partial charge in [0.25, 0.3) is 0 Å². The summed E-state index contributed by atoms with van der Waals surface area (Å²) in [5.41, 5.74) is 3.92. The van der Waals surface area contributed by atoms with E-state index in [0.29, 0.717) is 6.54 Å². The van der Waals surface area contributed by atoms with E-state index in [1.165, 1.54) is 0 Å². The maximum Gasteiger partial charge on any atom is 0.335 e. The molecule has 2 heterocycles. The topological polar surface area (TPSA) is 68.0 Å². The maximum absolute atomic E-state index is 11.7. The van der Waals surface area contributed by atoms with Crippen molar-refractivity contribution in [3.8, 4) is 11.1 Å². The van der Waals surface area contributed by atoms with Gasteiger partial charge in [-0.1, -0.05) is 30.3 Å². The summed E-state index contributed by atoms with van der Waals surface area (Å²) in [5.74, 6) is -0.946. The summed E-state index contributed by atoms with van der Waals surface area (Å²) in [6.45, 7) is 0.603. The molecule has 0 aliphatic heterocycles. The Balaban J connectivity index is 1.81. The van der Waals surface area contributed by atoms with Gasteiger partial charge in [0.1, 0.15) is 5.01 Å². The Bertz CT molecular complexity index is 1100. The van der Waals surface area contributed by atoms with Gasteiger partial charge >= 0.3 is 5.97 Å². The lowest BCUT2D eigenvalue weighted by Gasteiger charge is -2.09. The zero-order valence-corrected chi connectivity index (χ0v) is 15.7. The van der Waals surface area contributed by atoms with Crippen molar-refractivity contribution in [1.29, 1.82) is 0 Å². The molecule has 0 unspecified atom stereocenters. The first-order chi connectivity index (χ1) is 13.7. The molecule has 5 nitrogen and oxygen atoms in total. The minimum Gasteiger partial charge on any atom is -0.478 e. The Hall–Kier alpha value is -3.51. The SMILES string of the molecule is O=C(O)c1cc(/C=C(/Cn2ccnc2)c2nccs2)cc(-c2ccccc2)c1. The van der Waals surface area contributed by atoms with Crippen LogP contribution in [0.5, 0.6) is 0 Å². The number of aromatic carboxylic acids is 1. The summed E-state index contributed by atoms with van der Waals surface area (Å²) >= 11 is 1.55. The molecule has 6 heteroatoms. The van der Waals surface area contributed by atoms with Gasteiger partial charge in [0.05, 0.1) is 18.4 Å². The molecule has 1 N–H and O–H groups in total. The molecular weight excluding hydrogens is 370 g/mol. The third-order valence-electron chi connectivity index (χ3n) is 4.27. The van der Waals surface area contributed by atoms with Crippen LogP contribution in [-0.2, 0) is 6.54 Å². The Morgan fingerprint density at radius 1 is 1.11 bits per heavy atom. The summed E-state index contributed by atoms with van der Waals surface area (Å²) < 4.78 is 1.96. The fraction of sp³-hybridized carbons (Fsp3) is 0.0455. The third kappa shape index (κ3) is 4.07. The number of carbonyl (C=O) groups is 1. The maximum atomic E-state index is 11.7. The van der Waals surface area contributed by atoms with E-state index in [2.05, 4.69) is 9.97 Å². The van der Waals surface area contributed by atoms with Gasteiger partial charge < -0.3 is 9.67 Å². The molecule has 0 saturated carbocycles. The lowest BCUT2D eigenvalue weighted by molar-refractivity contribution is 0.0697. The van der Waals surface area contributed by atoms with Gasteiger partial charge in [0.2, 0.25) is 0 Å². The van der Waals surface area contributed by atoms with Crippen LogP contribution in [0, 0.1) is 0 Å². The molecule has 0 amide bonds. The van der Waals surface area contributed by atoms with Gasteiger partial charge in [-0.15, -0.1) is 11.3 Å². The molecule has 4 aromatic rings. The number of thiazole rings is 1. The highest BCUT2D eigenvalue weighted by Crippen LogP contribution is 2.27. The number of imidazole rings is 1. The van der Waals surface area contributed by atoms with Crippen LogP contribution in [0.25, 0.3) is 22.8 Å². The number of nitrogens with zero attached hydrogens (tertiary/aromatic N) is 3. The van der Waals surface area contributed by atoms with E-state index in [4.69, 9.17) is 0 Å². The first-order valence-electron chi connectivity index (χ1n) is 8.69. The van der Waals surface area contributed by atoms with Gasteiger partial charge in [-0.25, -0.2) is 14.8 Å². The molecule has 2 aromatic carbocycles. The van der Waals surface area contributed by atoms with Crippen molar-refractivity contribution in [3.63, 3.8) is 0 Å².